The number of ether oxygens (including phenoxy) is 1. The van der Waals surface area contributed by atoms with E-state index in [1.807, 2.05) is 39.0 Å². The average Bonchev–Trinajstić information content (AvgIpc) is 2.77. The molecule has 0 saturated carbocycles. The molecule has 1 fully saturated rings. The molecule has 2 atom stereocenters. The summed E-state index contributed by atoms with van der Waals surface area (Å²) >= 11 is 0. The number of amides is 1. The lowest BCUT2D eigenvalue weighted by Gasteiger charge is -2.18. The molecule has 1 saturated heterocycles. The zero-order valence-corrected chi connectivity index (χ0v) is 11.8. The number of carbonyl (C=O) groups is 1. The smallest absolute Gasteiger partial charge is 0.253 e. The molecule has 1 heterocycles. The molecule has 1 aliphatic heterocycles. The summed E-state index contributed by atoms with van der Waals surface area (Å²) in [7, 11) is 0. The van der Waals surface area contributed by atoms with Crippen molar-refractivity contribution in [2.24, 2.45) is 0 Å². The second kappa shape index (κ2) is 6.06. The average molecular weight is 262 g/mol. The molecule has 19 heavy (non-hydrogen) atoms. The van der Waals surface area contributed by atoms with E-state index in [-0.39, 0.29) is 18.1 Å². The minimum absolute atomic E-state index is 0.0259. The third kappa shape index (κ3) is 3.26. The number of benzene rings is 1. The van der Waals surface area contributed by atoms with Crippen LogP contribution in [0.5, 0.6) is 0 Å². The van der Waals surface area contributed by atoms with Gasteiger partial charge in [-0.1, -0.05) is 11.6 Å². The van der Waals surface area contributed by atoms with Crippen LogP contribution in [-0.2, 0) is 4.74 Å². The van der Waals surface area contributed by atoms with Gasteiger partial charge >= 0.3 is 0 Å². The molecular weight excluding hydrogens is 240 g/mol. The number of hydrogen-bond donors (Lipinski definition) is 2. The van der Waals surface area contributed by atoms with E-state index in [1.54, 1.807) is 0 Å². The molecule has 0 radical (unpaired) electrons. The van der Waals surface area contributed by atoms with Crippen LogP contribution in [0.2, 0.25) is 0 Å². The van der Waals surface area contributed by atoms with Gasteiger partial charge in [0.25, 0.3) is 5.91 Å². The van der Waals surface area contributed by atoms with Gasteiger partial charge < -0.3 is 15.4 Å². The second-order valence-corrected chi connectivity index (χ2v) is 5.02. The first kappa shape index (κ1) is 13.9. The minimum Gasteiger partial charge on any atom is -0.385 e. The van der Waals surface area contributed by atoms with Crippen LogP contribution >= 0.6 is 0 Å². The highest BCUT2D eigenvalue weighted by atomic mass is 16.5. The fourth-order valence-corrected chi connectivity index (χ4v) is 2.36. The maximum atomic E-state index is 12.4. The molecule has 0 bridgehead atoms. The fraction of sp³-hybridized carbons (Fsp3) is 0.533. The number of aryl methyl sites for hydroxylation is 1. The summed E-state index contributed by atoms with van der Waals surface area (Å²) < 4.78 is 5.47. The molecular formula is C15H22N2O2. The Morgan fingerprint density at radius 2 is 2.26 bits per heavy atom. The first-order valence-electron chi connectivity index (χ1n) is 6.88. The Kier molecular flexibility index (Phi) is 4.43. The summed E-state index contributed by atoms with van der Waals surface area (Å²) in [6.45, 7) is 7.54. The van der Waals surface area contributed by atoms with Gasteiger partial charge in [0.2, 0.25) is 0 Å². The van der Waals surface area contributed by atoms with E-state index in [2.05, 4.69) is 10.6 Å². The second-order valence-electron chi connectivity index (χ2n) is 5.02. The number of hydrogen-bond acceptors (Lipinski definition) is 3. The van der Waals surface area contributed by atoms with E-state index >= 15 is 0 Å². The molecule has 1 amide bonds. The number of nitrogens with one attached hydrogen (secondary N) is 2. The highest BCUT2D eigenvalue weighted by molar-refractivity contribution is 6.00. The van der Waals surface area contributed by atoms with Crippen LogP contribution < -0.4 is 10.6 Å². The molecule has 1 aromatic rings. The van der Waals surface area contributed by atoms with Crippen LogP contribution in [0.1, 0.15) is 36.2 Å². The Morgan fingerprint density at radius 3 is 2.89 bits per heavy atom. The molecule has 2 rings (SSSR count). The van der Waals surface area contributed by atoms with Crippen LogP contribution in [0.3, 0.4) is 0 Å². The van der Waals surface area contributed by atoms with E-state index in [9.17, 15) is 4.79 Å². The molecule has 0 aliphatic carbocycles. The van der Waals surface area contributed by atoms with Crippen molar-refractivity contribution in [3.63, 3.8) is 0 Å². The van der Waals surface area contributed by atoms with Crippen LogP contribution in [0.4, 0.5) is 5.69 Å². The predicted molar refractivity (Wildman–Crippen MR) is 76.6 cm³/mol. The Bertz CT molecular complexity index is 459. The van der Waals surface area contributed by atoms with E-state index in [1.165, 1.54) is 0 Å². The lowest BCUT2D eigenvalue weighted by Crippen LogP contribution is -2.39. The number of carbonyl (C=O) groups excluding carboxylic acids is 1. The largest absolute Gasteiger partial charge is 0.385 e. The Morgan fingerprint density at radius 1 is 1.47 bits per heavy atom. The number of anilines is 1. The van der Waals surface area contributed by atoms with Crippen LogP contribution in [0, 0.1) is 6.92 Å². The first-order chi connectivity index (χ1) is 9.11. The summed E-state index contributed by atoms with van der Waals surface area (Å²) in [6.07, 6.45) is 0.978. The monoisotopic (exact) mass is 262 g/mol. The summed E-state index contributed by atoms with van der Waals surface area (Å²) in [5, 5.41) is 6.30. The third-order valence-electron chi connectivity index (χ3n) is 3.48. The first-order valence-corrected chi connectivity index (χ1v) is 6.88. The van der Waals surface area contributed by atoms with Crippen molar-refractivity contribution < 1.29 is 9.53 Å². The van der Waals surface area contributed by atoms with Crippen molar-refractivity contribution >= 4 is 11.6 Å². The fourth-order valence-electron chi connectivity index (χ4n) is 2.36. The highest BCUT2D eigenvalue weighted by Crippen LogP contribution is 2.19. The van der Waals surface area contributed by atoms with Crippen LogP contribution in [0.25, 0.3) is 0 Å². The van der Waals surface area contributed by atoms with E-state index in [4.69, 9.17) is 4.74 Å². The van der Waals surface area contributed by atoms with Crippen molar-refractivity contribution in [3.8, 4) is 0 Å². The molecule has 1 aliphatic rings. The zero-order valence-electron chi connectivity index (χ0n) is 11.8. The van der Waals surface area contributed by atoms with E-state index in [0.717, 1.165) is 30.8 Å². The summed E-state index contributed by atoms with van der Waals surface area (Å²) in [5.41, 5.74) is 2.68. The van der Waals surface area contributed by atoms with Gasteiger partial charge in [-0.3, -0.25) is 4.79 Å². The maximum absolute atomic E-state index is 12.4. The molecule has 104 valence electrons. The zero-order chi connectivity index (χ0) is 13.8. The van der Waals surface area contributed by atoms with Gasteiger partial charge in [0.1, 0.15) is 0 Å². The van der Waals surface area contributed by atoms with Gasteiger partial charge in [-0.05, 0) is 39.3 Å². The molecule has 0 aromatic heterocycles. The van der Waals surface area contributed by atoms with E-state index in [0.29, 0.717) is 5.56 Å². The molecule has 4 heteroatoms. The summed E-state index contributed by atoms with van der Waals surface area (Å²) in [6, 6.07) is 6.01. The van der Waals surface area contributed by atoms with Crippen molar-refractivity contribution in [3.05, 3.63) is 29.3 Å². The van der Waals surface area contributed by atoms with Crippen molar-refractivity contribution in [2.75, 3.05) is 18.5 Å². The maximum Gasteiger partial charge on any atom is 0.253 e. The van der Waals surface area contributed by atoms with Crippen LogP contribution in [0.15, 0.2) is 18.2 Å². The Balaban J connectivity index is 2.15. The van der Waals surface area contributed by atoms with Gasteiger partial charge in [-0.2, -0.15) is 0 Å². The summed E-state index contributed by atoms with van der Waals surface area (Å²) in [5.74, 6) is -0.0259. The lowest BCUT2D eigenvalue weighted by molar-refractivity contribution is 0.0867. The molecule has 2 unspecified atom stereocenters. The van der Waals surface area contributed by atoms with Crippen molar-refractivity contribution in [1.82, 2.24) is 5.32 Å². The van der Waals surface area contributed by atoms with E-state index < -0.39 is 0 Å². The quantitative estimate of drug-likeness (QED) is 0.875. The summed E-state index contributed by atoms with van der Waals surface area (Å²) in [4.78, 5) is 12.4. The normalized spacial score (nSPS) is 22.3. The standard InChI is InChI=1S/C15H22N2O2/c1-4-16-14-6-5-10(2)9-12(14)15(18)17-13-7-8-19-11(13)3/h5-6,9,11,13,16H,4,7-8H2,1-3H3,(H,17,18). The third-order valence-corrected chi connectivity index (χ3v) is 3.48. The molecule has 2 N–H and O–H groups in total. The predicted octanol–water partition coefficient (Wildman–Crippen LogP) is 2.33. The van der Waals surface area contributed by atoms with Gasteiger partial charge in [-0.25, -0.2) is 0 Å². The Labute approximate surface area is 114 Å². The van der Waals surface area contributed by atoms with Gasteiger partial charge in [-0.15, -0.1) is 0 Å². The topological polar surface area (TPSA) is 50.4 Å². The molecule has 0 spiro atoms. The molecule has 1 aromatic carbocycles. The van der Waals surface area contributed by atoms with Gasteiger partial charge in [0.05, 0.1) is 17.7 Å². The highest BCUT2D eigenvalue weighted by Gasteiger charge is 2.26. The number of rotatable bonds is 4. The lowest BCUT2D eigenvalue weighted by atomic mass is 10.1. The van der Waals surface area contributed by atoms with Crippen molar-refractivity contribution in [2.45, 2.75) is 39.3 Å². The van der Waals surface area contributed by atoms with Crippen molar-refractivity contribution in [1.29, 1.82) is 0 Å². The van der Waals surface area contributed by atoms with Crippen LogP contribution in [-0.4, -0.2) is 31.2 Å². The van der Waals surface area contributed by atoms with Gasteiger partial charge in [0.15, 0.2) is 0 Å². The molecule has 4 nitrogen and oxygen atoms in total. The van der Waals surface area contributed by atoms with Gasteiger partial charge in [0, 0.05) is 18.8 Å². The Hall–Kier alpha value is -1.55. The SMILES string of the molecule is CCNc1ccc(C)cc1C(=O)NC1CCOC1C. The minimum atomic E-state index is -0.0259.